The molecule has 0 aliphatic heterocycles. The largest absolute Gasteiger partial charge is 0.349 e. The fourth-order valence-corrected chi connectivity index (χ4v) is 0.710. The number of carbonyl (C=O) groups excluding carboxylic acids is 1. The van der Waals surface area contributed by atoms with Crippen LogP contribution in [-0.4, -0.2) is 49.9 Å². The van der Waals surface area contributed by atoms with Gasteiger partial charge < -0.3 is 4.90 Å². The van der Waals surface area contributed by atoms with Crippen molar-refractivity contribution in [3.63, 3.8) is 0 Å². The van der Waals surface area contributed by atoms with Gasteiger partial charge in [0.1, 0.15) is 0 Å². The molecule has 0 unspecified atom stereocenters. The molecule has 12 heavy (non-hydrogen) atoms. The Balaban J connectivity index is 3.55. The van der Waals surface area contributed by atoms with E-state index in [0.29, 0.717) is 19.5 Å². The fraction of sp³-hybridized carbons (Fsp3) is 0.750. The molecule has 0 bridgehead atoms. The highest BCUT2D eigenvalue weighted by Gasteiger charge is 2.05. The summed E-state index contributed by atoms with van der Waals surface area (Å²) in [7, 11) is 5.28. The third-order valence-electron chi connectivity index (χ3n) is 1.55. The number of amides is 1. The van der Waals surface area contributed by atoms with Gasteiger partial charge in [-0.3, -0.25) is 9.69 Å². The normalized spacial score (nSPS) is 9.58. The summed E-state index contributed by atoms with van der Waals surface area (Å²) in [6.07, 6.45) is 0.477. The number of hydrogen-bond donors (Lipinski definition) is 0. The Morgan fingerprint density at radius 2 is 2.00 bits per heavy atom. The Morgan fingerprint density at radius 3 is 2.42 bits per heavy atom. The molecule has 68 valence electrons. The Bertz CT molecular complexity index is 183. The van der Waals surface area contributed by atoms with E-state index in [1.165, 1.54) is 0 Å². The highest BCUT2D eigenvalue weighted by Crippen LogP contribution is 1.90. The minimum atomic E-state index is 0.0970. The van der Waals surface area contributed by atoms with Gasteiger partial charge in [0.15, 0.2) is 0 Å². The highest BCUT2D eigenvalue weighted by molar-refractivity contribution is 5.75. The average molecular weight is 169 g/mol. The Hall–Kier alpha value is -1.08. The second-order valence-corrected chi connectivity index (χ2v) is 2.93. The van der Waals surface area contributed by atoms with Crippen molar-refractivity contribution in [2.75, 3.05) is 34.2 Å². The van der Waals surface area contributed by atoms with E-state index in [9.17, 15) is 4.79 Å². The van der Waals surface area contributed by atoms with Gasteiger partial charge in [0.25, 0.3) is 0 Å². The van der Waals surface area contributed by atoms with E-state index in [4.69, 9.17) is 5.26 Å². The van der Waals surface area contributed by atoms with E-state index in [1.807, 2.05) is 18.0 Å². The van der Waals surface area contributed by atoms with Crippen molar-refractivity contribution in [2.45, 2.75) is 6.42 Å². The van der Waals surface area contributed by atoms with Gasteiger partial charge in [-0.05, 0) is 7.05 Å². The summed E-state index contributed by atoms with van der Waals surface area (Å²) in [5.41, 5.74) is 0. The summed E-state index contributed by atoms with van der Waals surface area (Å²) in [6, 6.07) is 2.02. The first-order valence-electron chi connectivity index (χ1n) is 3.83. The Kier molecular flexibility index (Phi) is 5.06. The molecule has 0 atom stereocenters. The molecule has 4 heteroatoms. The van der Waals surface area contributed by atoms with Crippen molar-refractivity contribution >= 4 is 5.91 Å². The first-order valence-corrected chi connectivity index (χ1v) is 3.83. The predicted octanol–water partition coefficient (Wildman–Crippen LogP) is -0.0799. The molecule has 0 aromatic heterocycles. The monoisotopic (exact) mass is 169 g/mol. The molecular weight excluding hydrogens is 154 g/mol. The molecule has 4 nitrogen and oxygen atoms in total. The van der Waals surface area contributed by atoms with Gasteiger partial charge >= 0.3 is 0 Å². The van der Waals surface area contributed by atoms with Gasteiger partial charge in [0.05, 0.1) is 12.6 Å². The van der Waals surface area contributed by atoms with Crippen molar-refractivity contribution < 1.29 is 4.79 Å². The van der Waals surface area contributed by atoms with Crippen LogP contribution in [0, 0.1) is 11.3 Å². The van der Waals surface area contributed by atoms with Gasteiger partial charge in [-0.2, -0.15) is 5.26 Å². The van der Waals surface area contributed by atoms with Crippen LogP contribution in [0.15, 0.2) is 0 Å². The first-order chi connectivity index (χ1) is 5.57. The number of nitriles is 1. The fourth-order valence-electron chi connectivity index (χ4n) is 0.710. The van der Waals surface area contributed by atoms with Crippen molar-refractivity contribution in [3.8, 4) is 6.07 Å². The van der Waals surface area contributed by atoms with Crippen molar-refractivity contribution in [1.29, 1.82) is 5.26 Å². The van der Waals surface area contributed by atoms with Crippen molar-refractivity contribution in [2.24, 2.45) is 0 Å². The topological polar surface area (TPSA) is 47.3 Å². The zero-order valence-electron chi connectivity index (χ0n) is 7.87. The average Bonchev–Trinajstić information content (AvgIpc) is 2.00. The van der Waals surface area contributed by atoms with Crippen LogP contribution in [0.25, 0.3) is 0 Å². The molecule has 0 aromatic rings. The van der Waals surface area contributed by atoms with Crippen LogP contribution < -0.4 is 0 Å². The van der Waals surface area contributed by atoms with Crippen LogP contribution in [-0.2, 0) is 4.79 Å². The summed E-state index contributed by atoms with van der Waals surface area (Å²) < 4.78 is 0. The van der Waals surface area contributed by atoms with Gasteiger partial charge in [-0.25, -0.2) is 0 Å². The van der Waals surface area contributed by atoms with Gasteiger partial charge in [0.2, 0.25) is 5.91 Å². The predicted molar refractivity (Wildman–Crippen MR) is 46.4 cm³/mol. The molecule has 1 amide bonds. The lowest BCUT2D eigenvalue weighted by atomic mass is 10.3. The molecule has 0 aromatic carbocycles. The summed E-state index contributed by atoms with van der Waals surface area (Å²) >= 11 is 0. The van der Waals surface area contributed by atoms with Crippen LogP contribution in [0.1, 0.15) is 6.42 Å². The van der Waals surface area contributed by atoms with Gasteiger partial charge in [0, 0.05) is 27.1 Å². The lowest BCUT2D eigenvalue weighted by Crippen LogP contribution is -2.28. The second-order valence-electron chi connectivity index (χ2n) is 2.93. The van der Waals surface area contributed by atoms with Crippen LogP contribution >= 0.6 is 0 Å². The van der Waals surface area contributed by atoms with Crippen molar-refractivity contribution in [1.82, 2.24) is 9.80 Å². The minimum Gasteiger partial charge on any atom is -0.349 e. The quantitative estimate of drug-likeness (QED) is 0.553. The molecule has 0 N–H and O–H groups in total. The molecule has 0 saturated heterocycles. The van der Waals surface area contributed by atoms with E-state index in [0.717, 1.165) is 0 Å². The summed E-state index contributed by atoms with van der Waals surface area (Å²) in [4.78, 5) is 14.4. The molecule has 0 spiro atoms. The lowest BCUT2D eigenvalue weighted by Gasteiger charge is -2.14. The summed E-state index contributed by atoms with van der Waals surface area (Å²) in [5, 5.41) is 8.32. The van der Waals surface area contributed by atoms with Crippen LogP contribution in [0.3, 0.4) is 0 Å². The van der Waals surface area contributed by atoms with Crippen LogP contribution in [0.5, 0.6) is 0 Å². The molecule has 0 saturated carbocycles. The first kappa shape index (κ1) is 10.9. The number of hydrogen-bond acceptors (Lipinski definition) is 3. The molecule has 0 radical (unpaired) electrons. The maximum Gasteiger partial charge on any atom is 0.223 e. The third-order valence-corrected chi connectivity index (χ3v) is 1.55. The van der Waals surface area contributed by atoms with E-state index < -0.39 is 0 Å². The minimum absolute atomic E-state index is 0.0970. The van der Waals surface area contributed by atoms with Crippen LogP contribution in [0.2, 0.25) is 0 Å². The zero-order valence-corrected chi connectivity index (χ0v) is 7.87. The zero-order chi connectivity index (χ0) is 9.56. The van der Waals surface area contributed by atoms with E-state index in [1.54, 1.807) is 19.0 Å². The third kappa shape index (κ3) is 4.69. The van der Waals surface area contributed by atoms with Gasteiger partial charge in [-0.1, -0.05) is 0 Å². The van der Waals surface area contributed by atoms with Gasteiger partial charge in [-0.15, -0.1) is 0 Å². The Labute approximate surface area is 73.4 Å². The number of nitrogens with zero attached hydrogens (tertiary/aromatic N) is 3. The van der Waals surface area contributed by atoms with E-state index in [-0.39, 0.29) is 5.91 Å². The molecule has 0 fully saturated rings. The summed E-state index contributed by atoms with van der Waals surface area (Å²) in [5.74, 6) is 0.0970. The van der Waals surface area contributed by atoms with E-state index >= 15 is 0 Å². The number of carbonyl (C=O) groups is 1. The molecule has 0 rings (SSSR count). The lowest BCUT2D eigenvalue weighted by molar-refractivity contribution is -0.128. The van der Waals surface area contributed by atoms with E-state index in [2.05, 4.69) is 0 Å². The smallest absolute Gasteiger partial charge is 0.223 e. The number of rotatable bonds is 4. The van der Waals surface area contributed by atoms with Crippen LogP contribution in [0.4, 0.5) is 0 Å². The maximum absolute atomic E-state index is 11.1. The Morgan fingerprint density at radius 1 is 1.42 bits per heavy atom. The molecule has 0 aliphatic carbocycles. The SMILES string of the molecule is CN(CC#N)CCC(=O)N(C)C. The van der Waals surface area contributed by atoms with Crippen molar-refractivity contribution in [3.05, 3.63) is 0 Å². The molecular formula is C8H15N3O. The summed E-state index contributed by atoms with van der Waals surface area (Å²) in [6.45, 7) is 1.02. The standard InChI is InChI=1S/C8H15N3O/c1-10(2)8(12)4-6-11(3)7-5-9/h4,6-7H2,1-3H3. The molecule has 0 aliphatic rings. The maximum atomic E-state index is 11.1. The highest BCUT2D eigenvalue weighted by atomic mass is 16.2. The molecule has 0 heterocycles. The second kappa shape index (κ2) is 5.56.